The van der Waals surface area contributed by atoms with Crippen LogP contribution in [0.15, 0.2) is 72.8 Å². The maximum absolute atomic E-state index is 12.2. The number of benzene rings is 3. The topological polar surface area (TPSA) is 76.1 Å². The second kappa shape index (κ2) is 11.6. The van der Waals surface area contributed by atoms with Crippen LogP contribution in [-0.2, 0) is 27.4 Å². The highest BCUT2D eigenvalue weighted by atomic mass is 127. The Morgan fingerprint density at radius 2 is 1.58 bits per heavy atom. The first-order chi connectivity index (χ1) is 15.8. The maximum Gasteiger partial charge on any atom is 0.329 e. The Kier molecular flexibility index (Phi) is 8.87. The van der Waals surface area contributed by atoms with E-state index in [0.29, 0.717) is 12.3 Å². The van der Waals surface area contributed by atoms with Crippen molar-refractivity contribution in [3.8, 4) is 16.9 Å². The van der Waals surface area contributed by atoms with Crippen molar-refractivity contribution in [3.63, 3.8) is 0 Å². The first kappa shape index (κ1) is 25.2. The number of hydrogen-bond acceptors (Lipinski definition) is 4. The minimum atomic E-state index is -2.39. The first-order valence-electron chi connectivity index (χ1n) is 10.4. The highest BCUT2D eigenvalue weighted by Crippen LogP contribution is 2.28. The van der Waals surface area contributed by atoms with Gasteiger partial charge >= 0.3 is 5.97 Å². The molecule has 1 N–H and O–H groups in total. The van der Waals surface area contributed by atoms with Gasteiger partial charge < -0.3 is 9.47 Å². The zero-order valence-corrected chi connectivity index (χ0v) is 21.6. The van der Waals surface area contributed by atoms with Crippen LogP contribution in [-0.4, -0.2) is 27.9 Å². The molecule has 0 aliphatic rings. The quantitative estimate of drug-likeness (QED) is 0.201. The Balaban J connectivity index is 1.75. The lowest BCUT2D eigenvalue weighted by atomic mass is 10.0. The van der Waals surface area contributed by atoms with Crippen LogP contribution in [0.4, 0.5) is 5.69 Å². The number of hydrogen-bond donors (Lipinski definition) is 1. The van der Waals surface area contributed by atoms with Crippen molar-refractivity contribution in [3.05, 3.63) is 81.9 Å². The van der Waals surface area contributed by atoms with E-state index in [4.69, 9.17) is 9.47 Å². The van der Waals surface area contributed by atoms with Crippen LogP contribution in [0.3, 0.4) is 0 Å². The van der Waals surface area contributed by atoms with Gasteiger partial charge in [-0.05, 0) is 70.0 Å². The second-order valence-corrected chi connectivity index (χ2v) is 9.74. The van der Waals surface area contributed by atoms with Crippen molar-refractivity contribution in [1.29, 1.82) is 0 Å². The standard InChI is InChI=1S/C25H26INO5S/c1-17(2)24(25(28)31-3)27(33(29)30)21-12-8-18(9-13-21)19-10-14-22(15-11-19)32-16-20-6-4-5-7-23(20)26/h4-15,17,24H,16H2,1-3H3,(H,29,30). The molecular formula is C25H26INO5S. The molecule has 0 aliphatic heterocycles. The van der Waals surface area contributed by atoms with Crippen molar-refractivity contribution < 1.29 is 23.0 Å². The maximum atomic E-state index is 12.2. The molecule has 3 aromatic carbocycles. The molecule has 0 fully saturated rings. The fourth-order valence-corrected chi connectivity index (χ4v) is 4.80. The molecular weight excluding hydrogens is 553 g/mol. The molecule has 0 amide bonds. The molecule has 0 radical (unpaired) electrons. The van der Waals surface area contributed by atoms with Gasteiger partial charge in [-0.25, -0.2) is 9.00 Å². The minimum absolute atomic E-state index is 0.222. The van der Waals surface area contributed by atoms with E-state index in [2.05, 4.69) is 22.6 Å². The van der Waals surface area contributed by atoms with Crippen molar-refractivity contribution in [2.24, 2.45) is 5.92 Å². The molecule has 0 heterocycles. The number of ether oxygens (including phenoxy) is 2. The lowest BCUT2D eigenvalue weighted by Gasteiger charge is -2.30. The molecule has 0 bridgehead atoms. The third-order valence-electron chi connectivity index (χ3n) is 5.16. The normalized spacial score (nSPS) is 12.8. The van der Waals surface area contributed by atoms with Crippen LogP contribution < -0.4 is 9.04 Å². The molecule has 33 heavy (non-hydrogen) atoms. The number of nitrogens with zero attached hydrogens (tertiary/aromatic N) is 1. The van der Waals surface area contributed by atoms with E-state index in [9.17, 15) is 13.6 Å². The molecule has 0 aliphatic carbocycles. The number of carbonyl (C=O) groups excluding carboxylic acids is 1. The van der Waals surface area contributed by atoms with Crippen LogP contribution in [0, 0.1) is 9.49 Å². The van der Waals surface area contributed by atoms with Crippen molar-refractivity contribution in [1.82, 2.24) is 0 Å². The minimum Gasteiger partial charge on any atom is -0.489 e. The Morgan fingerprint density at radius 1 is 1.00 bits per heavy atom. The highest BCUT2D eigenvalue weighted by Gasteiger charge is 2.33. The summed E-state index contributed by atoms with van der Waals surface area (Å²) in [6.45, 7) is 4.11. The van der Waals surface area contributed by atoms with Gasteiger partial charge in [-0.15, -0.1) is 0 Å². The third kappa shape index (κ3) is 6.33. The molecule has 0 aromatic heterocycles. The van der Waals surface area contributed by atoms with Gasteiger partial charge in [0.2, 0.25) is 0 Å². The second-order valence-electron chi connectivity index (χ2n) is 7.72. The Bertz CT molecular complexity index is 1100. The van der Waals surface area contributed by atoms with Crippen LogP contribution in [0.1, 0.15) is 19.4 Å². The fourth-order valence-electron chi connectivity index (χ4n) is 3.43. The average molecular weight is 579 g/mol. The summed E-state index contributed by atoms with van der Waals surface area (Å²) in [6.07, 6.45) is 0. The molecule has 0 saturated heterocycles. The number of anilines is 1. The van der Waals surface area contributed by atoms with Crippen LogP contribution >= 0.6 is 22.6 Å². The predicted molar refractivity (Wildman–Crippen MR) is 139 cm³/mol. The monoisotopic (exact) mass is 579 g/mol. The summed E-state index contributed by atoms with van der Waals surface area (Å²) >= 11 is -0.0896. The van der Waals surface area contributed by atoms with Gasteiger partial charge in [0.25, 0.3) is 11.3 Å². The SMILES string of the molecule is COC(=O)C(C(C)C)N(c1ccc(-c2ccc(OCc3ccccc3I)cc2)cc1)S(=O)O. The molecule has 6 nitrogen and oxygen atoms in total. The lowest BCUT2D eigenvalue weighted by molar-refractivity contribution is -0.142. The molecule has 3 rings (SSSR count). The molecule has 0 spiro atoms. The van der Waals surface area contributed by atoms with Crippen molar-refractivity contribution >= 4 is 45.5 Å². The van der Waals surface area contributed by atoms with Gasteiger partial charge in [0.15, 0.2) is 0 Å². The van der Waals surface area contributed by atoms with Gasteiger partial charge in [0, 0.05) is 9.13 Å². The third-order valence-corrected chi connectivity index (χ3v) is 6.98. The molecule has 174 valence electrons. The molecule has 8 heteroatoms. The summed E-state index contributed by atoms with van der Waals surface area (Å²) in [7, 11) is 1.27. The van der Waals surface area contributed by atoms with E-state index < -0.39 is 23.3 Å². The molecule has 0 saturated carbocycles. The van der Waals surface area contributed by atoms with E-state index in [-0.39, 0.29) is 5.92 Å². The summed E-state index contributed by atoms with van der Waals surface area (Å²) in [5, 5.41) is 0. The van der Waals surface area contributed by atoms with Crippen LogP contribution in [0.25, 0.3) is 11.1 Å². The number of methoxy groups -OCH3 is 1. The van der Waals surface area contributed by atoms with Crippen molar-refractivity contribution in [2.75, 3.05) is 11.4 Å². The summed E-state index contributed by atoms with van der Waals surface area (Å²) in [5.74, 6) is -0.00748. The largest absolute Gasteiger partial charge is 0.489 e. The first-order valence-corrected chi connectivity index (χ1v) is 12.5. The van der Waals surface area contributed by atoms with Gasteiger partial charge in [-0.2, -0.15) is 0 Å². The van der Waals surface area contributed by atoms with E-state index >= 15 is 0 Å². The molecule has 2 atom stereocenters. The number of halogens is 1. The number of rotatable bonds is 9. The van der Waals surface area contributed by atoms with E-state index in [0.717, 1.165) is 26.0 Å². The average Bonchev–Trinajstić information content (AvgIpc) is 2.81. The predicted octanol–water partition coefficient (Wildman–Crippen LogP) is 5.68. The smallest absolute Gasteiger partial charge is 0.329 e. The molecule has 2 unspecified atom stereocenters. The zero-order valence-electron chi connectivity index (χ0n) is 18.6. The Labute approximate surface area is 210 Å². The zero-order chi connectivity index (χ0) is 24.0. The summed E-state index contributed by atoms with van der Waals surface area (Å²) < 4.78 is 35.0. The summed E-state index contributed by atoms with van der Waals surface area (Å²) in [5.41, 5.74) is 3.51. The van der Waals surface area contributed by atoms with Crippen molar-refractivity contribution in [2.45, 2.75) is 26.5 Å². The number of esters is 1. The van der Waals surface area contributed by atoms with E-state index in [1.54, 1.807) is 26.0 Å². The Morgan fingerprint density at radius 3 is 2.09 bits per heavy atom. The van der Waals surface area contributed by atoms with Gasteiger partial charge in [-0.3, -0.25) is 8.86 Å². The summed E-state index contributed by atoms with van der Waals surface area (Å²) in [4.78, 5) is 12.2. The summed E-state index contributed by atoms with van der Waals surface area (Å²) in [6, 6.07) is 22.1. The van der Waals surface area contributed by atoms with Gasteiger partial charge in [0.1, 0.15) is 18.4 Å². The highest BCUT2D eigenvalue weighted by molar-refractivity contribution is 14.1. The van der Waals surface area contributed by atoms with Crippen LogP contribution in [0.5, 0.6) is 5.75 Å². The van der Waals surface area contributed by atoms with E-state index in [1.165, 1.54) is 11.4 Å². The molecule has 3 aromatic rings. The number of carbonyl (C=O) groups is 1. The van der Waals surface area contributed by atoms with Crippen LogP contribution in [0.2, 0.25) is 0 Å². The Hall–Kier alpha value is -2.43. The van der Waals surface area contributed by atoms with Gasteiger partial charge in [0.05, 0.1) is 12.8 Å². The lowest BCUT2D eigenvalue weighted by Crippen LogP contribution is -2.46. The fraction of sp³-hybridized carbons (Fsp3) is 0.240. The van der Waals surface area contributed by atoms with E-state index in [1.807, 2.05) is 60.7 Å². The van der Waals surface area contributed by atoms with Gasteiger partial charge in [-0.1, -0.05) is 56.3 Å².